The SMILES string of the molecule is Cc1ccsc1/C=C/C(=O)NC1CC[NH+](Cc2ccc(Cl)cc2)CC1. The number of piperidine rings is 1. The number of rotatable bonds is 5. The van der Waals surface area contributed by atoms with E-state index in [0.29, 0.717) is 0 Å². The predicted molar refractivity (Wildman–Crippen MR) is 105 cm³/mol. The van der Waals surface area contributed by atoms with E-state index < -0.39 is 0 Å². The Morgan fingerprint density at radius 1 is 1.28 bits per heavy atom. The van der Waals surface area contributed by atoms with E-state index in [2.05, 4.69) is 30.4 Å². The van der Waals surface area contributed by atoms with Gasteiger partial charge in [0.25, 0.3) is 0 Å². The maximum atomic E-state index is 12.1. The predicted octanol–water partition coefficient (Wildman–Crippen LogP) is 3.09. The number of hydrogen-bond donors (Lipinski definition) is 2. The number of aryl methyl sites for hydroxylation is 1. The van der Waals surface area contributed by atoms with Gasteiger partial charge in [-0.3, -0.25) is 4.79 Å². The number of thiophene rings is 1. The fourth-order valence-electron chi connectivity index (χ4n) is 3.19. The number of benzene rings is 1. The molecule has 1 aliphatic heterocycles. The molecule has 0 unspecified atom stereocenters. The first-order valence-corrected chi connectivity index (χ1v) is 9.96. The lowest BCUT2D eigenvalue weighted by atomic mass is 10.0. The summed E-state index contributed by atoms with van der Waals surface area (Å²) in [7, 11) is 0. The molecule has 25 heavy (non-hydrogen) atoms. The highest BCUT2D eigenvalue weighted by Crippen LogP contribution is 2.17. The molecule has 3 rings (SSSR count). The molecule has 2 heterocycles. The molecule has 0 aliphatic carbocycles. The van der Waals surface area contributed by atoms with Crippen LogP contribution in [0.4, 0.5) is 0 Å². The smallest absolute Gasteiger partial charge is 0.244 e. The molecule has 0 spiro atoms. The van der Waals surface area contributed by atoms with Gasteiger partial charge in [0.1, 0.15) is 6.54 Å². The monoisotopic (exact) mass is 375 g/mol. The molecular weight excluding hydrogens is 352 g/mol. The van der Waals surface area contributed by atoms with Gasteiger partial charge in [0, 0.05) is 40.4 Å². The summed E-state index contributed by atoms with van der Waals surface area (Å²) in [4.78, 5) is 14.8. The number of halogens is 1. The zero-order chi connectivity index (χ0) is 17.6. The number of nitrogens with one attached hydrogen (secondary N) is 2. The molecule has 0 atom stereocenters. The van der Waals surface area contributed by atoms with Crippen molar-refractivity contribution < 1.29 is 9.69 Å². The second kappa shape index (κ2) is 8.65. The van der Waals surface area contributed by atoms with E-state index in [4.69, 9.17) is 11.6 Å². The number of likely N-dealkylation sites (tertiary alicyclic amines) is 1. The summed E-state index contributed by atoms with van der Waals surface area (Å²) in [5.41, 5.74) is 2.53. The molecule has 1 amide bonds. The summed E-state index contributed by atoms with van der Waals surface area (Å²) in [6, 6.07) is 10.5. The Morgan fingerprint density at radius 2 is 2.00 bits per heavy atom. The number of hydrogen-bond acceptors (Lipinski definition) is 2. The third kappa shape index (κ3) is 5.43. The molecular formula is C20H24ClN2OS+. The quantitative estimate of drug-likeness (QED) is 0.773. The fraction of sp³-hybridized carbons (Fsp3) is 0.350. The Labute approximate surface area is 158 Å². The first kappa shape index (κ1) is 18.2. The van der Waals surface area contributed by atoms with Crippen molar-refractivity contribution in [3.05, 3.63) is 62.8 Å². The fourth-order valence-corrected chi connectivity index (χ4v) is 4.14. The molecule has 0 bridgehead atoms. The normalized spacial score (nSPS) is 20.7. The van der Waals surface area contributed by atoms with E-state index in [1.807, 2.05) is 23.6 Å². The van der Waals surface area contributed by atoms with Gasteiger partial charge >= 0.3 is 0 Å². The van der Waals surface area contributed by atoms with Crippen molar-refractivity contribution >= 4 is 34.9 Å². The third-order valence-electron chi connectivity index (χ3n) is 4.69. The molecule has 132 valence electrons. The first-order chi connectivity index (χ1) is 12.1. The first-order valence-electron chi connectivity index (χ1n) is 8.71. The van der Waals surface area contributed by atoms with Crippen LogP contribution < -0.4 is 10.2 Å². The summed E-state index contributed by atoms with van der Waals surface area (Å²) < 4.78 is 0. The molecule has 1 saturated heterocycles. The number of amides is 1. The number of carbonyl (C=O) groups is 1. The lowest BCUT2D eigenvalue weighted by molar-refractivity contribution is -0.918. The molecule has 1 fully saturated rings. The Bertz CT molecular complexity index is 730. The summed E-state index contributed by atoms with van der Waals surface area (Å²) in [5, 5.41) is 5.97. The Morgan fingerprint density at radius 3 is 2.64 bits per heavy atom. The van der Waals surface area contributed by atoms with Gasteiger partial charge in [0.15, 0.2) is 0 Å². The van der Waals surface area contributed by atoms with Crippen LogP contribution in [0.2, 0.25) is 5.02 Å². The second-order valence-corrected chi connectivity index (χ2v) is 8.02. The number of carbonyl (C=O) groups excluding carboxylic acids is 1. The van der Waals surface area contributed by atoms with E-state index in [0.717, 1.165) is 42.4 Å². The van der Waals surface area contributed by atoms with Crippen molar-refractivity contribution in [1.29, 1.82) is 0 Å². The van der Waals surface area contributed by atoms with E-state index in [9.17, 15) is 4.79 Å². The highest BCUT2D eigenvalue weighted by Gasteiger charge is 2.22. The molecule has 2 N–H and O–H groups in total. The minimum atomic E-state index is 0.0129. The second-order valence-electron chi connectivity index (χ2n) is 6.64. The van der Waals surface area contributed by atoms with Crippen molar-refractivity contribution in [2.75, 3.05) is 13.1 Å². The van der Waals surface area contributed by atoms with Gasteiger partial charge in [-0.15, -0.1) is 11.3 Å². The Balaban J connectivity index is 1.43. The van der Waals surface area contributed by atoms with Crippen LogP contribution >= 0.6 is 22.9 Å². The molecule has 1 aromatic carbocycles. The zero-order valence-electron chi connectivity index (χ0n) is 14.4. The van der Waals surface area contributed by atoms with Crippen LogP contribution in [-0.2, 0) is 11.3 Å². The van der Waals surface area contributed by atoms with Gasteiger partial charge in [-0.05, 0) is 42.1 Å². The molecule has 5 heteroatoms. The molecule has 0 saturated carbocycles. The lowest BCUT2D eigenvalue weighted by Gasteiger charge is -2.29. The Hall–Kier alpha value is -1.62. The summed E-state index contributed by atoms with van der Waals surface area (Å²) in [6.07, 6.45) is 5.63. The standard InChI is InChI=1S/C20H23ClN2OS/c1-15-10-13-25-19(15)6-7-20(24)22-18-8-11-23(12-9-18)14-16-2-4-17(21)5-3-16/h2-7,10,13,18H,8-9,11-12,14H2,1H3,(H,22,24)/p+1/b7-6+. The largest absolute Gasteiger partial charge is 0.349 e. The minimum absolute atomic E-state index is 0.0129. The number of quaternary nitrogens is 1. The van der Waals surface area contributed by atoms with Gasteiger partial charge in [-0.2, -0.15) is 0 Å². The summed E-state index contributed by atoms with van der Waals surface area (Å²) >= 11 is 7.60. The van der Waals surface area contributed by atoms with Crippen LogP contribution in [0.3, 0.4) is 0 Å². The van der Waals surface area contributed by atoms with Crippen LogP contribution in [0.25, 0.3) is 6.08 Å². The van der Waals surface area contributed by atoms with Gasteiger partial charge < -0.3 is 10.2 Å². The van der Waals surface area contributed by atoms with Crippen molar-refractivity contribution in [2.45, 2.75) is 32.4 Å². The topological polar surface area (TPSA) is 33.5 Å². The van der Waals surface area contributed by atoms with E-state index >= 15 is 0 Å². The maximum Gasteiger partial charge on any atom is 0.244 e. The molecule has 1 aromatic heterocycles. The van der Waals surface area contributed by atoms with Crippen LogP contribution in [0.5, 0.6) is 0 Å². The van der Waals surface area contributed by atoms with Crippen LogP contribution in [0.1, 0.15) is 28.8 Å². The average Bonchev–Trinajstić information content (AvgIpc) is 3.02. The van der Waals surface area contributed by atoms with Crippen molar-refractivity contribution in [3.63, 3.8) is 0 Å². The van der Waals surface area contributed by atoms with Crippen LogP contribution in [0.15, 0.2) is 41.8 Å². The molecule has 1 aliphatic rings. The minimum Gasteiger partial charge on any atom is -0.349 e. The highest BCUT2D eigenvalue weighted by atomic mass is 35.5. The lowest BCUT2D eigenvalue weighted by Crippen LogP contribution is -3.12. The molecule has 3 nitrogen and oxygen atoms in total. The van der Waals surface area contributed by atoms with Crippen molar-refractivity contribution in [3.8, 4) is 0 Å². The summed E-state index contributed by atoms with van der Waals surface area (Å²) in [5.74, 6) is 0.0129. The van der Waals surface area contributed by atoms with Crippen LogP contribution in [-0.4, -0.2) is 25.0 Å². The van der Waals surface area contributed by atoms with Gasteiger partial charge in [-0.1, -0.05) is 23.7 Å². The van der Waals surface area contributed by atoms with Gasteiger partial charge in [0.05, 0.1) is 13.1 Å². The maximum absolute atomic E-state index is 12.1. The molecule has 0 radical (unpaired) electrons. The average molecular weight is 376 g/mol. The van der Waals surface area contributed by atoms with Gasteiger partial charge in [0.2, 0.25) is 5.91 Å². The van der Waals surface area contributed by atoms with Gasteiger partial charge in [-0.25, -0.2) is 0 Å². The van der Waals surface area contributed by atoms with E-state index in [1.165, 1.54) is 11.1 Å². The third-order valence-corrected chi connectivity index (χ3v) is 5.93. The van der Waals surface area contributed by atoms with Crippen LogP contribution in [0, 0.1) is 6.92 Å². The van der Waals surface area contributed by atoms with Crippen molar-refractivity contribution in [1.82, 2.24) is 5.32 Å². The van der Waals surface area contributed by atoms with Crippen molar-refractivity contribution in [2.24, 2.45) is 0 Å². The summed E-state index contributed by atoms with van der Waals surface area (Å²) in [6.45, 7) is 5.26. The Kier molecular flexibility index (Phi) is 6.29. The highest BCUT2D eigenvalue weighted by molar-refractivity contribution is 7.11. The zero-order valence-corrected chi connectivity index (χ0v) is 16.0. The van der Waals surface area contributed by atoms with E-state index in [-0.39, 0.29) is 11.9 Å². The van der Waals surface area contributed by atoms with E-state index in [1.54, 1.807) is 22.3 Å². The molecule has 2 aromatic rings.